The smallest absolute Gasteiger partial charge is 0.315 e. The number of amides is 2. The van der Waals surface area contributed by atoms with Crippen molar-refractivity contribution in [1.29, 1.82) is 0 Å². The summed E-state index contributed by atoms with van der Waals surface area (Å²) in [5, 5.41) is 15.5. The summed E-state index contributed by atoms with van der Waals surface area (Å²) in [4.78, 5) is 12.0. The van der Waals surface area contributed by atoms with Crippen LogP contribution in [0.4, 0.5) is 13.6 Å². The molecule has 154 valence electrons. The van der Waals surface area contributed by atoms with Crippen molar-refractivity contribution in [3.8, 4) is 23.8 Å². The van der Waals surface area contributed by atoms with E-state index in [0.29, 0.717) is 17.6 Å². The van der Waals surface area contributed by atoms with Crippen LogP contribution in [0.15, 0.2) is 36.4 Å². The highest BCUT2D eigenvalue weighted by molar-refractivity contribution is 5.74. The third-order valence-corrected chi connectivity index (χ3v) is 4.10. The zero-order valence-electron chi connectivity index (χ0n) is 16.1. The Morgan fingerprint density at radius 2 is 1.97 bits per heavy atom. The number of hydrogen-bond donors (Lipinski definition) is 3. The third-order valence-electron chi connectivity index (χ3n) is 4.10. The maximum absolute atomic E-state index is 13.9. The Morgan fingerprint density at radius 3 is 2.62 bits per heavy atom. The van der Waals surface area contributed by atoms with Gasteiger partial charge in [-0.15, -0.1) is 6.42 Å². The summed E-state index contributed by atoms with van der Waals surface area (Å²) in [5.74, 6) is 1.66. The van der Waals surface area contributed by atoms with Crippen LogP contribution in [-0.2, 0) is 12.1 Å². The summed E-state index contributed by atoms with van der Waals surface area (Å²) < 4.78 is 37.5. The van der Waals surface area contributed by atoms with Crippen LogP contribution in [0.2, 0.25) is 0 Å². The van der Waals surface area contributed by atoms with Crippen LogP contribution in [0.3, 0.4) is 0 Å². The molecule has 3 N–H and O–H groups in total. The fourth-order valence-corrected chi connectivity index (χ4v) is 2.58. The Balaban J connectivity index is 1.93. The Bertz CT molecular complexity index is 910. The molecule has 0 aliphatic heterocycles. The van der Waals surface area contributed by atoms with E-state index in [0.717, 1.165) is 17.7 Å². The number of nitrogens with one attached hydrogen (secondary N) is 2. The molecule has 0 radical (unpaired) electrons. The minimum absolute atomic E-state index is 0.0722. The van der Waals surface area contributed by atoms with Gasteiger partial charge in [-0.3, -0.25) is 0 Å². The number of aliphatic hydroxyl groups is 1. The molecular weight excluding hydrogens is 382 g/mol. The van der Waals surface area contributed by atoms with Gasteiger partial charge in [0, 0.05) is 18.2 Å². The lowest BCUT2D eigenvalue weighted by molar-refractivity contribution is 0.0555. The number of halogens is 2. The molecule has 0 bridgehead atoms. The van der Waals surface area contributed by atoms with Gasteiger partial charge in [0.25, 0.3) is 0 Å². The van der Waals surface area contributed by atoms with Crippen LogP contribution in [-0.4, -0.2) is 31.4 Å². The minimum Gasteiger partial charge on any atom is -0.493 e. The second-order valence-corrected chi connectivity index (χ2v) is 6.41. The highest BCUT2D eigenvalue weighted by Crippen LogP contribution is 2.28. The lowest BCUT2D eigenvalue weighted by atomic mass is 9.95. The topological polar surface area (TPSA) is 79.8 Å². The number of urea groups is 1. The van der Waals surface area contributed by atoms with Crippen LogP contribution in [0.1, 0.15) is 18.1 Å². The molecule has 8 heteroatoms. The molecule has 0 saturated heterocycles. The van der Waals surface area contributed by atoms with Crippen LogP contribution in [0.25, 0.3) is 0 Å². The van der Waals surface area contributed by atoms with Gasteiger partial charge >= 0.3 is 6.03 Å². The van der Waals surface area contributed by atoms with Gasteiger partial charge in [-0.2, -0.15) is 0 Å². The Kier molecular flexibility index (Phi) is 7.39. The van der Waals surface area contributed by atoms with Gasteiger partial charge in [0.05, 0.1) is 13.7 Å². The van der Waals surface area contributed by atoms with E-state index in [1.807, 2.05) is 0 Å². The van der Waals surface area contributed by atoms with E-state index in [4.69, 9.17) is 15.9 Å². The molecule has 6 nitrogen and oxygen atoms in total. The van der Waals surface area contributed by atoms with Crippen molar-refractivity contribution in [2.24, 2.45) is 0 Å². The highest BCUT2D eigenvalue weighted by atomic mass is 19.1. The zero-order valence-corrected chi connectivity index (χ0v) is 16.1. The molecule has 0 saturated carbocycles. The number of rotatable bonds is 8. The quantitative estimate of drug-likeness (QED) is 0.591. The molecule has 29 heavy (non-hydrogen) atoms. The second kappa shape index (κ2) is 9.75. The second-order valence-electron chi connectivity index (χ2n) is 6.41. The molecule has 0 aromatic heterocycles. The van der Waals surface area contributed by atoms with Crippen LogP contribution < -0.4 is 20.1 Å². The van der Waals surface area contributed by atoms with Crippen molar-refractivity contribution in [3.05, 3.63) is 59.2 Å². The standard InChI is InChI=1S/C21H22F2N2O4/c1-4-9-29-19-10-14(5-8-18(19)28-3)12-24-20(26)25-13-21(2,27)16-7-6-15(22)11-17(16)23/h1,5-8,10-11,27H,9,12-13H2,2-3H3,(H2,24,25,26). The molecule has 1 atom stereocenters. The summed E-state index contributed by atoms with van der Waals surface area (Å²) in [6, 6.07) is 7.38. The number of ether oxygens (including phenoxy) is 2. The van der Waals surface area contributed by atoms with Crippen LogP contribution >= 0.6 is 0 Å². The molecule has 0 fully saturated rings. The van der Waals surface area contributed by atoms with Gasteiger partial charge in [-0.1, -0.05) is 18.1 Å². The number of terminal acetylenes is 1. The van der Waals surface area contributed by atoms with E-state index in [2.05, 4.69) is 16.6 Å². The van der Waals surface area contributed by atoms with E-state index >= 15 is 0 Å². The van der Waals surface area contributed by atoms with Gasteiger partial charge in [0.2, 0.25) is 0 Å². The average Bonchev–Trinajstić information content (AvgIpc) is 2.69. The average molecular weight is 404 g/mol. The van der Waals surface area contributed by atoms with E-state index in [1.165, 1.54) is 14.0 Å². The summed E-state index contributed by atoms with van der Waals surface area (Å²) in [5.41, 5.74) is -1.11. The maximum Gasteiger partial charge on any atom is 0.315 e. The lowest BCUT2D eigenvalue weighted by Gasteiger charge is -2.24. The van der Waals surface area contributed by atoms with Crippen molar-refractivity contribution in [2.75, 3.05) is 20.3 Å². The molecule has 0 aliphatic carbocycles. The molecular formula is C21H22F2N2O4. The van der Waals surface area contributed by atoms with Crippen LogP contribution in [0.5, 0.6) is 11.5 Å². The van der Waals surface area contributed by atoms with Crippen molar-refractivity contribution >= 4 is 6.03 Å². The molecule has 0 spiro atoms. The molecule has 2 amide bonds. The van der Waals surface area contributed by atoms with Crippen LogP contribution in [0, 0.1) is 24.0 Å². The number of carbonyl (C=O) groups is 1. The first kappa shape index (κ1) is 22.0. The number of hydrogen-bond acceptors (Lipinski definition) is 4. The Hall–Kier alpha value is -3.31. The highest BCUT2D eigenvalue weighted by Gasteiger charge is 2.27. The molecule has 0 aliphatic rings. The van der Waals surface area contributed by atoms with Crippen molar-refractivity contribution in [3.63, 3.8) is 0 Å². The molecule has 2 rings (SSSR count). The zero-order chi connectivity index (χ0) is 21.4. The summed E-state index contributed by atoms with van der Waals surface area (Å²) in [7, 11) is 1.50. The number of benzene rings is 2. The molecule has 1 unspecified atom stereocenters. The summed E-state index contributed by atoms with van der Waals surface area (Å²) in [6.07, 6.45) is 5.19. The third kappa shape index (κ3) is 6.09. The Labute approximate surface area is 167 Å². The largest absolute Gasteiger partial charge is 0.493 e. The first-order valence-corrected chi connectivity index (χ1v) is 8.69. The number of carbonyl (C=O) groups excluding carboxylic acids is 1. The van der Waals surface area contributed by atoms with Gasteiger partial charge in [-0.05, 0) is 30.7 Å². The Morgan fingerprint density at radius 1 is 1.21 bits per heavy atom. The van der Waals surface area contributed by atoms with E-state index < -0.39 is 23.3 Å². The predicted molar refractivity (Wildman–Crippen MR) is 103 cm³/mol. The summed E-state index contributed by atoms with van der Waals surface area (Å²) in [6.45, 7) is 1.28. The van der Waals surface area contributed by atoms with E-state index in [-0.39, 0.29) is 25.3 Å². The van der Waals surface area contributed by atoms with Gasteiger partial charge < -0.3 is 25.2 Å². The SMILES string of the molecule is C#CCOc1cc(CNC(=O)NCC(C)(O)c2ccc(F)cc2F)ccc1OC. The van der Waals surface area contributed by atoms with E-state index in [1.54, 1.807) is 18.2 Å². The minimum atomic E-state index is -1.72. The molecule has 0 heterocycles. The normalized spacial score (nSPS) is 12.4. The first-order valence-electron chi connectivity index (χ1n) is 8.69. The predicted octanol–water partition coefficient (Wildman–Crippen LogP) is 2.69. The van der Waals surface area contributed by atoms with Gasteiger partial charge in [0.1, 0.15) is 23.8 Å². The van der Waals surface area contributed by atoms with Crippen molar-refractivity contribution in [2.45, 2.75) is 19.1 Å². The number of methoxy groups -OCH3 is 1. The molecule has 2 aromatic carbocycles. The lowest BCUT2D eigenvalue weighted by Crippen LogP contribution is -2.43. The van der Waals surface area contributed by atoms with Gasteiger partial charge in [0.15, 0.2) is 11.5 Å². The van der Waals surface area contributed by atoms with Crippen molar-refractivity contribution < 1.29 is 28.2 Å². The first-order chi connectivity index (χ1) is 13.8. The summed E-state index contributed by atoms with van der Waals surface area (Å²) >= 11 is 0. The maximum atomic E-state index is 13.9. The monoisotopic (exact) mass is 404 g/mol. The van der Waals surface area contributed by atoms with E-state index in [9.17, 15) is 18.7 Å². The fourth-order valence-electron chi connectivity index (χ4n) is 2.58. The molecule has 2 aromatic rings. The van der Waals surface area contributed by atoms with Crippen molar-refractivity contribution in [1.82, 2.24) is 10.6 Å². The fraction of sp³-hybridized carbons (Fsp3) is 0.286. The van der Waals surface area contributed by atoms with Gasteiger partial charge in [-0.25, -0.2) is 13.6 Å².